The number of nitrogens with two attached hydrogens (primary N) is 3. The summed E-state index contributed by atoms with van der Waals surface area (Å²) in [5.74, 6) is -3.21. The Morgan fingerprint density at radius 3 is 2.31 bits per heavy atom. The number of aliphatic hydroxyl groups excluding tert-OH is 5. The van der Waals surface area contributed by atoms with E-state index in [1.54, 1.807) is 0 Å². The van der Waals surface area contributed by atoms with E-state index in [4.69, 9.17) is 35.7 Å². The van der Waals surface area contributed by atoms with Gasteiger partial charge in [0.15, 0.2) is 29.4 Å². The predicted octanol–water partition coefficient (Wildman–Crippen LogP) is -5.19. The van der Waals surface area contributed by atoms with Gasteiger partial charge in [-0.25, -0.2) is 33.6 Å². The number of carbonyl (C=O) groups excluding carboxylic acids is 4. The van der Waals surface area contributed by atoms with Gasteiger partial charge in [0, 0.05) is 37.6 Å². The van der Waals surface area contributed by atoms with Crippen molar-refractivity contribution in [2.45, 2.75) is 88.2 Å². The molecule has 0 aliphatic carbocycles. The number of hydrogen-bond acceptors (Lipinski definition) is 24. The van der Waals surface area contributed by atoms with Gasteiger partial charge >= 0.3 is 23.5 Å². The molecule has 3 amide bonds. The smallest absolute Gasteiger partial charge is 0.481 e. The Morgan fingerprint density at radius 1 is 1.01 bits per heavy atom. The lowest BCUT2D eigenvalue weighted by Gasteiger charge is -2.39. The van der Waals surface area contributed by atoms with Crippen LogP contribution in [0.4, 0.5) is 5.82 Å². The van der Waals surface area contributed by atoms with Crippen molar-refractivity contribution >= 4 is 81.0 Å². The van der Waals surface area contributed by atoms with Crippen LogP contribution in [-0.2, 0) is 60.2 Å². The highest BCUT2D eigenvalue weighted by molar-refractivity contribution is 8.14. The average Bonchev–Trinajstić information content (AvgIpc) is 3.82. The van der Waals surface area contributed by atoms with Gasteiger partial charge in [0.2, 0.25) is 17.7 Å². The molecule has 2 aromatic rings. The number of phosphoric ester groups is 3. The van der Waals surface area contributed by atoms with E-state index in [2.05, 4.69) is 44.7 Å². The van der Waals surface area contributed by atoms with Gasteiger partial charge < -0.3 is 87.7 Å². The molecule has 0 saturated carbocycles. The molecule has 4 heterocycles. The van der Waals surface area contributed by atoms with Gasteiger partial charge in [-0.15, -0.1) is 0 Å². The van der Waals surface area contributed by atoms with E-state index in [-0.39, 0.29) is 48.0 Å². The van der Waals surface area contributed by atoms with E-state index in [9.17, 15) is 78.0 Å². The number of carbonyl (C=O) groups is 4. The number of aliphatic imine (C=N–C) groups is 1. The van der Waals surface area contributed by atoms with Crippen molar-refractivity contribution in [1.82, 2.24) is 35.5 Å². The first kappa shape index (κ1) is 58.3. The van der Waals surface area contributed by atoms with Crippen LogP contribution in [0.2, 0.25) is 0 Å². The standard InChI is InChI=1S/C33H54N11O22P3S/c1-14(46)42-20-15(43-32(35)36)8-17(63-25(20)22(49)16(47)9-45)31(53)70-7-6-37-19(48)4-5-38-29(52)26(51)33(2,3)11-62-69(59,60)66-68(57,58)61-10-18-24(65-67(54,55)56)23(50)30(64-18)44-13-41-21-27(34)39-12-40-28(21)44/h8,12-13,15-16,18,20,22-26,30,45,47,49-51H,4-7,9-11H2,1-3H3,(H,37,48)(H,38,52)(H,42,46)(H,57,58)(H,59,60)(H2,34,39,40)(H4,35,36,43)(H2,54,55,56)/t15-,16+,18?,20+,22+,23?,24?,25+,26?,30?/m0/s1. The third-order valence-corrected chi connectivity index (χ3v) is 13.8. The fourth-order valence-corrected chi connectivity index (χ4v) is 9.95. The molecule has 2 aliphatic heterocycles. The molecule has 2 aromatic heterocycles. The molecule has 18 N–H and O–H groups in total. The number of rotatable bonds is 25. The maximum absolute atomic E-state index is 13.0. The second-order valence-corrected chi connectivity index (χ2v) is 21.1. The summed E-state index contributed by atoms with van der Waals surface area (Å²) < 4.78 is 68.0. The van der Waals surface area contributed by atoms with Gasteiger partial charge in [0.05, 0.1) is 38.2 Å². The summed E-state index contributed by atoms with van der Waals surface area (Å²) in [6.07, 6.45) is -11.3. The Balaban J connectivity index is 1.23. The summed E-state index contributed by atoms with van der Waals surface area (Å²) in [5, 5.41) is 58.2. The molecule has 4 rings (SSSR count). The van der Waals surface area contributed by atoms with Crippen LogP contribution in [0.15, 0.2) is 29.5 Å². The predicted molar refractivity (Wildman–Crippen MR) is 236 cm³/mol. The van der Waals surface area contributed by atoms with E-state index in [0.29, 0.717) is 11.8 Å². The molecular weight excluding hydrogens is 1030 g/mol. The number of amides is 3. The maximum atomic E-state index is 13.0. The van der Waals surface area contributed by atoms with Crippen molar-refractivity contribution in [3.63, 3.8) is 0 Å². The van der Waals surface area contributed by atoms with Crippen LogP contribution in [0, 0.1) is 5.41 Å². The molecule has 1 saturated heterocycles. The minimum Gasteiger partial charge on any atom is -0.481 e. The van der Waals surface area contributed by atoms with E-state index in [0.717, 1.165) is 24.1 Å². The number of nitrogens with one attached hydrogen (secondary N) is 3. The normalized spacial score (nSPS) is 24.7. The number of nitrogens with zero attached hydrogens (tertiary/aromatic N) is 5. The number of fused-ring (bicyclic) bond motifs is 1. The summed E-state index contributed by atoms with van der Waals surface area (Å²) in [6, 6.07) is -2.33. The molecule has 0 spiro atoms. The van der Waals surface area contributed by atoms with Crippen LogP contribution in [0.25, 0.3) is 11.2 Å². The highest BCUT2D eigenvalue weighted by Gasteiger charge is 2.50. The fraction of sp³-hybridized carbons (Fsp3) is 0.636. The second kappa shape index (κ2) is 24.4. The Labute approximate surface area is 400 Å². The molecule has 1 fully saturated rings. The zero-order chi connectivity index (χ0) is 52.5. The number of aromatic nitrogens is 4. The largest absolute Gasteiger partial charge is 0.481 e. The van der Waals surface area contributed by atoms with Crippen molar-refractivity contribution in [1.29, 1.82) is 0 Å². The number of aliphatic hydroxyl groups is 5. The Kier molecular flexibility index (Phi) is 20.3. The van der Waals surface area contributed by atoms with Crippen LogP contribution in [0.5, 0.6) is 0 Å². The Hall–Kier alpha value is -4.28. The van der Waals surface area contributed by atoms with E-state index in [1.165, 1.54) is 19.9 Å². The molecular formula is C33H54N11O22P3S. The van der Waals surface area contributed by atoms with Crippen molar-refractivity contribution in [3.8, 4) is 0 Å². The number of phosphoric acid groups is 3. The number of hydrogen-bond donors (Lipinski definition) is 15. The molecule has 394 valence electrons. The summed E-state index contributed by atoms with van der Waals surface area (Å²) >= 11 is 0.656. The third kappa shape index (κ3) is 16.4. The van der Waals surface area contributed by atoms with E-state index in [1.807, 2.05) is 0 Å². The minimum atomic E-state index is -5.64. The van der Waals surface area contributed by atoms with Crippen molar-refractivity contribution in [3.05, 3.63) is 24.5 Å². The lowest BCUT2D eigenvalue weighted by molar-refractivity contribution is -0.137. The topological polar surface area (TPSA) is 527 Å². The number of ether oxygens (including phenoxy) is 2. The third-order valence-electron chi connectivity index (χ3n) is 9.83. The SMILES string of the molecule is CC(=O)N[C@H]1[C@H]([C@H](O)[C@H](O)CO)OC(C(=O)SCCNC(=O)CCNC(=O)C(O)C(C)(C)COP(=O)(O)OP(=O)(O)OCC2OC(n3cnc4c(N)ncnc43)C(O)C2OP(=O)(O)O)=C[C@@H]1N=C(N)N. The minimum absolute atomic E-state index is 0.00241. The molecule has 37 heteroatoms. The first-order valence-corrected chi connectivity index (χ1v) is 25.7. The average molecular weight is 1080 g/mol. The summed E-state index contributed by atoms with van der Waals surface area (Å²) in [5.41, 5.74) is 15.1. The zero-order valence-electron chi connectivity index (χ0n) is 37.0. The van der Waals surface area contributed by atoms with Gasteiger partial charge in [0.1, 0.15) is 54.6 Å². The van der Waals surface area contributed by atoms with Gasteiger partial charge in [-0.05, 0) is 6.08 Å². The van der Waals surface area contributed by atoms with Crippen molar-refractivity contribution < 1.29 is 105 Å². The van der Waals surface area contributed by atoms with Crippen LogP contribution in [-0.4, -0.2) is 187 Å². The van der Waals surface area contributed by atoms with E-state index >= 15 is 0 Å². The highest BCUT2D eigenvalue weighted by atomic mass is 32.2. The number of nitrogen functional groups attached to an aromatic ring is 1. The highest BCUT2D eigenvalue weighted by Crippen LogP contribution is 2.61. The summed E-state index contributed by atoms with van der Waals surface area (Å²) in [7, 11) is -16.6. The molecule has 2 aliphatic rings. The summed E-state index contributed by atoms with van der Waals surface area (Å²) in [4.78, 5) is 105. The van der Waals surface area contributed by atoms with Gasteiger partial charge in [-0.1, -0.05) is 25.6 Å². The van der Waals surface area contributed by atoms with Crippen LogP contribution in [0.3, 0.4) is 0 Å². The van der Waals surface area contributed by atoms with Crippen LogP contribution < -0.4 is 33.2 Å². The van der Waals surface area contributed by atoms with Gasteiger partial charge in [-0.3, -0.25) is 37.3 Å². The fourth-order valence-electron chi connectivity index (χ4n) is 6.47. The Morgan fingerprint density at radius 2 is 1.69 bits per heavy atom. The zero-order valence-corrected chi connectivity index (χ0v) is 40.5. The molecule has 70 heavy (non-hydrogen) atoms. The van der Waals surface area contributed by atoms with Gasteiger partial charge in [-0.2, -0.15) is 4.31 Å². The van der Waals surface area contributed by atoms with Crippen LogP contribution in [0.1, 0.15) is 33.4 Å². The second-order valence-electron chi connectivity index (χ2n) is 15.8. The number of imidazole rings is 1. The van der Waals surface area contributed by atoms with Crippen LogP contribution >= 0.6 is 35.2 Å². The van der Waals surface area contributed by atoms with Crippen molar-refractivity contribution in [2.75, 3.05) is 44.4 Å². The lowest BCUT2D eigenvalue weighted by Crippen LogP contribution is -2.59. The molecule has 0 aromatic carbocycles. The first-order chi connectivity index (χ1) is 32.5. The Bertz CT molecular complexity index is 2410. The number of anilines is 1. The molecule has 0 bridgehead atoms. The molecule has 7 unspecified atom stereocenters. The monoisotopic (exact) mass is 1080 g/mol. The first-order valence-electron chi connectivity index (χ1n) is 20.2. The quantitative estimate of drug-likeness (QED) is 0.0191. The maximum Gasteiger partial charge on any atom is 0.481 e. The summed E-state index contributed by atoms with van der Waals surface area (Å²) in [6.45, 7) is 0.0656. The van der Waals surface area contributed by atoms with Gasteiger partial charge in [0.25, 0.3) is 5.12 Å². The number of thioether (sulfide) groups is 1. The molecule has 0 radical (unpaired) electrons. The number of guanidine groups is 1. The molecule has 33 nitrogen and oxygen atoms in total. The van der Waals surface area contributed by atoms with Crippen molar-refractivity contribution in [2.24, 2.45) is 21.9 Å². The lowest BCUT2D eigenvalue weighted by atomic mass is 9.87. The molecule has 12 atom stereocenters. The van der Waals surface area contributed by atoms with E-state index < -0.39 is 139 Å².